The van der Waals surface area contributed by atoms with Crippen molar-refractivity contribution in [3.63, 3.8) is 0 Å². The Morgan fingerprint density at radius 2 is 1.91 bits per heavy atom. The molecule has 0 N–H and O–H groups in total. The summed E-state index contributed by atoms with van der Waals surface area (Å²) in [7, 11) is 1.87. The average Bonchev–Trinajstić information content (AvgIpc) is 2.07. The van der Waals surface area contributed by atoms with Gasteiger partial charge in [-0.15, -0.1) is 0 Å². The van der Waals surface area contributed by atoms with E-state index >= 15 is 0 Å². The van der Waals surface area contributed by atoms with Gasteiger partial charge in [0.1, 0.15) is 0 Å². The first-order valence-electron chi connectivity index (χ1n) is 4.03. The van der Waals surface area contributed by atoms with E-state index in [1.54, 1.807) is 0 Å². The number of benzene rings is 1. The quantitative estimate of drug-likeness (QED) is 0.579. The summed E-state index contributed by atoms with van der Waals surface area (Å²) in [6, 6.07) is 10.5. The lowest BCUT2D eigenvalue weighted by Crippen LogP contribution is -2.00. The Hall–Kier alpha value is -0.820. The van der Waals surface area contributed by atoms with E-state index in [0.717, 1.165) is 13.0 Å². The fourth-order valence-corrected chi connectivity index (χ4v) is 1.09. The molecule has 59 valence electrons. The molecule has 1 radical (unpaired) electrons. The minimum atomic E-state index is 0.981. The minimum absolute atomic E-state index is 0.981. The highest BCUT2D eigenvalue weighted by molar-refractivity contribution is 5.14. The first-order valence-corrected chi connectivity index (χ1v) is 4.03. The van der Waals surface area contributed by atoms with Crippen LogP contribution in [0.1, 0.15) is 12.0 Å². The predicted octanol–water partition coefficient (Wildman–Crippen LogP) is 1.85. The van der Waals surface area contributed by atoms with Gasteiger partial charge in [0.15, 0.2) is 0 Å². The Morgan fingerprint density at radius 3 is 2.55 bits per heavy atom. The molecular weight excluding hydrogens is 134 g/mol. The fourth-order valence-electron chi connectivity index (χ4n) is 1.09. The highest BCUT2D eigenvalue weighted by Gasteiger charge is 1.89. The monoisotopic (exact) mass is 148 g/mol. The van der Waals surface area contributed by atoms with Gasteiger partial charge >= 0.3 is 0 Å². The number of nitrogens with zero attached hydrogens (tertiary/aromatic N) is 1. The third kappa shape index (κ3) is 3.19. The summed E-state index contributed by atoms with van der Waals surface area (Å²) in [4.78, 5) is 0. The van der Waals surface area contributed by atoms with Crippen LogP contribution in [-0.2, 0) is 6.42 Å². The molecule has 0 unspecified atom stereocenters. The van der Waals surface area contributed by atoms with Crippen molar-refractivity contribution >= 4 is 0 Å². The Morgan fingerprint density at radius 1 is 1.18 bits per heavy atom. The molecule has 1 aromatic carbocycles. The smallest absolute Gasteiger partial charge is 0.0133 e. The summed E-state index contributed by atoms with van der Waals surface area (Å²) < 4.78 is 0. The van der Waals surface area contributed by atoms with Crippen molar-refractivity contribution in [2.24, 2.45) is 0 Å². The van der Waals surface area contributed by atoms with E-state index in [0.29, 0.717) is 0 Å². The zero-order chi connectivity index (χ0) is 7.94. The Labute approximate surface area is 68.4 Å². The molecule has 0 heterocycles. The van der Waals surface area contributed by atoms with Crippen LogP contribution >= 0.6 is 0 Å². The summed E-state index contributed by atoms with van der Waals surface area (Å²) in [6.07, 6.45) is 2.32. The third-order valence-corrected chi connectivity index (χ3v) is 1.69. The van der Waals surface area contributed by atoms with Crippen LogP contribution in [0.25, 0.3) is 0 Å². The lowest BCUT2D eigenvalue weighted by atomic mass is 10.1. The van der Waals surface area contributed by atoms with Crippen molar-refractivity contribution in [3.05, 3.63) is 35.9 Å². The van der Waals surface area contributed by atoms with E-state index in [4.69, 9.17) is 0 Å². The van der Waals surface area contributed by atoms with Gasteiger partial charge in [-0.25, -0.2) is 5.32 Å². The van der Waals surface area contributed by atoms with Gasteiger partial charge in [0, 0.05) is 13.6 Å². The van der Waals surface area contributed by atoms with E-state index in [2.05, 4.69) is 29.6 Å². The molecule has 0 spiro atoms. The van der Waals surface area contributed by atoms with Gasteiger partial charge in [-0.1, -0.05) is 30.3 Å². The second-order valence-corrected chi connectivity index (χ2v) is 2.63. The van der Waals surface area contributed by atoms with Crippen LogP contribution in [0.2, 0.25) is 0 Å². The van der Waals surface area contributed by atoms with E-state index in [9.17, 15) is 0 Å². The minimum Gasteiger partial charge on any atom is -0.245 e. The lowest BCUT2D eigenvalue weighted by Gasteiger charge is -1.98. The molecule has 0 saturated heterocycles. The Bertz CT molecular complexity index is 181. The lowest BCUT2D eigenvalue weighted by molar-refractivity contribution is 0.714. The summed E-state index contributed by atoms with van der Waals surface area (Å²) in [5.74, 6) is 0. The average molecular weight is 148 g/mol. The maximum absolute atomic E-state index is 4.05. The van der Waals surface area contributed by atoms with Crippen LogP contribution in [-0.4, -0.2) is 13.6 Å². The summed E-state index contributed by atoms with van der Waals surface area (Å²) in [5.41, 5.74) is 1.41. The van der Waals surface area contributed by atoms with Gasteiger partial charge in [0.2, 0.25) is 0 Å². The number of hydrogen-bond acceptors (Lipinski definition) is 0. The molecule has 11 heavy (non-hydrogen) atoms. The first-order chi connectivity index (χ1) is 5.43. The predicted molar refractivity (Wildman–Crippen MR) is 47.7 cm³/mol. The van der Waals surface area contributed by atoms with Crippen molar-refractivity contribution < 1.29 is 0 Å². The maximum Gasteiger partial charge on any atom is 0.0133 e. The van der Waals surface area contributed by atoms with Crippen LogP contribution in [0, 0.1) is 0 Å². The van der Waals surface area contributed by atoms with Crippen LogP contribution in [0.5, 0.6) is 0 Å². The zero-order valence-corrected chi connectivity index (χ0v) is 6.96. The van der Waals surface area contributed by atoms with Crippen LogP contribution < -0.4 is 5.32 Å². The third-order valence-electron chi connectivity index (χ3n) is 1.69. The maximum atomic E-state index is 4.05. The number of rotatable bonds is 4. The van der Waals surface area contributed by atoms with Crippen molar-refractivity contribution in [1.82, 2.24) is 5.32 Å². The van der Waals surface area contributed by atoms with Crippen molar-refractivity contribution in [2.75, 3.05) is 13.6 Å². The standard InChI is InChI=1S/C10H14N/c1-11-9-5-8-10-6-3-2-4-7-10/h2-4,6-7H,5,8-9H2,1H3. The summed E-state index contributed by atoms with van der Waals surface area (Å²) >= 11 is 0. The van der Waals surface area contributed by atoms with Gasteiger partial charge in [-0.2, -0.15) is 0 Å². The highest BCUT2D eigenvalue weighted by atomic mass is 14.8. The normalized spacial score (nSPS) is 9.91. The van der Waals surface area contributed by atoms with Crippen LogP contribution in [0.4, 0.5) is 0 Å². The summed E-state index contributed by atoms with van der Waals surface area (Å²) in [6.45, 7) is 0.981. The van der Waals surface area contributed by atoms with E-state index in [1.807, 2.05) is 13.1 Å². The molecule has 0 fully saturated rings. The van der Waals surface area contributed by atoms with Gasteiger partial charge < -0.3 is 0 Å². The summed E-state index contributed by atoms with van der Waals surface area (Å²) in [5, 5.41) is 4.05. The molecular formula is C10H14N. The zero-order valence-electron chi connectivity index (χ0n) is 6.96. The molecule has 0 aliphatic rings. The first kappa shape index (κ1) is 8.28. The molecule has 0 aromatic heterocycles. The van der Waals surface area contributed by atoms with Crippen molar-refractivity contribution in [1.29, 1.82) is 0 Å². The molecule has 1 nitrogen and oxygen atoms in total. The Balaban J connectivity index is 2.28. The number of aryl methyl sites for hydroxylation is 1. The largest absolute Gasteiger partial charge is 0.245 e. The molecule has 0 aliphatic heterocycles. The van der Waals surface area contributed by atoms with E-state index < -0.39 is 0 Å². The highest BCUT2D eigenvalue weighted by Crippen LogP contribution is 2.00. The van der Waals surface area contributed by atoms with Gasteiger partial charge in [0.25, 0.3) is 0 Å². The van der Waals surface area contributed by atoms with Crippen LogP contribution in [0.3, 0.4) is 0 Å². The molecule has 0 atom stereocenters. The van der Waals surface area contributed by atoms with Gasteiger partial charge in [0.05, 0.1) is 0 Å². The second kappa shape index (κ2) is 4.91. The van der Waals surface area contributed by atoms with Crippen molar-refractivity contribution in [3.8, 4) is 0 Å². The van der Waals surface area contributed by atoms with Gasteiger partial charge in [-0.3, -0.25) is 0 Å². The second-order valence-electron chi connectivity index (χ2n) is 2.63. The van der Waals surface area contributed by atoms with Crippen molar-refractivity contribution in [2.45, 2.75) is 12.8 Å². The Kier molecular flexibility index (Phi) is 3.70. The van der Waals surface area contributed by atoms with Crippen LogP contribution in [0.15, 0.2) is 30.3 Å². The number of hydrogen-bond donors (Lipinski definition) is 0. The SMILES string of the molecule is C[N]CCCc1ccccc1. The van der Waals surface area contributed by atoms with E-state index in [1.165, 1.54) is 12.0 Å². The topological polar surface area (TPSA) is 14.1 Å². The molecule has 0 aliphatic carbocycles. The fraction of sp³-hybridized carbons (Fsp3) is 0.400. The molecule has 0 amide bonds. The molecule has 1 heteroatoms. The molecule has 0 saturated carbocycles. The molecule has 0 bridgehead atoms. The molecule has 1 aromatic rings. The van der Waals surface area contributed by atoms with E-state index in [-0.39, 0.29) is 0 Å². The molecule has 1 rings (SSSR count). The van der Waals surface area contributed by atoms with Gasteiger partial charge in [-0.05, 0) is 18.4 Å².